The third kappa shape index (κ3) is 2.18. The molecule has 1 aliphatic rings. The molecule has 1 unspecified atom stereocenters. The lowest BCUT2D eigenvalue weighted by molar-refractivity contribution is -0.384. The predicted molar refractivity (Wildman–Crippen MR) is 63.7 cm³/mol. The van der Waals surface area contributed by atoms with Crippen molar-refractivity contribution < 1.29 is 18.5 Å². The van der Waals surface area contributed by atoms with Gasteiger partial charge in [0.2, 0.25) is 5.91 Å². The number of halogens is 2. The maximum Gasteiger partial charge on any atom is 0.296 e. The Morgan fingerprint density at radius 1 is 1.47 bits per heavy atom. The Balaban J connectivity index is 2.55. The van der Waals surface area contributed by atoms with Gasteiger partial charge < -0.3 is 4.90 Å². The Morgan fingerprint density at radius 2 is 2.16 bits per heavy atom. The molecule has 1 heterocycles. The maximum absolute atomic E-state index is 13.8. The first kappa shape index (κ1) is 13.1. The van der Waals surface area contributed by atoms with Gasteiger partial charge in [0.05, 0.1) is 4.92 Å². The van der Waals surface area contributed by atoms with Crippen molar-refractivity contribution >= 4 is 17.3 Å². The monoisotopic (exact) mass is 268 g/mol. The van der Waals surface area contributed by atoms with Crippen LogP contribution in [-0.2, 0) is 4.79 Å². The number of rotatable bonds is 3. The van der Waals surface area contributed by atoms with Crippen molar-refractivity contribution in [3.05, 3.63) is 46.5 Å². The van der Waals surface area contributed by atoms with E-state index >= 15 is 0 Å². The van der Waals surface area contributed by atoms with E-state index < -0.39 is 33.8 Å². The van der Waals surface area contributed by atoms with Crippen molar-refractivity contribution in [3.63, 3.8) is 0 Å². The van der Waals surface area contributed by atoms with Gasteiger partial charge in [-0.05, 0) is 6.07 Å². The number of benzene rings is 1. The molecule has 0 spiro atoms. The second-order valence-corrected chi connectivity index (χ2v) is 4.19. The van der Waals surface area contributed by atoms with E-state index in [1.807, 2.05) is 0 Å². The zero-order valence-electron chi connectivity index (χ0n) is 9.81. The molecular formula is C12H10F2N2O3. The average molecular weight is 268 g/mol. The van der Waals surface area contributed by atoms with Gasteiger partial charge in [-0.1, -0.05) is 6.08 Å². The highest BCUT2D eigenvalue weighted by atomic mass is 19.2. The summed E-state index contributed by atoms with van der Waals surface area (Å²) < 4.78 is 27.0. The minimum absolute atomic E-state index is 0.0591. The highest BCUT2D eigenvalue weighted by Gasteiger charge is 2.36. The van der Waals surface area contributed by atoms with Crippen molar-refractivity contribution in [1.29, 1.82) is 0 Å². The molecule has 19 heavy (non-hydrogen) atoms. The van der Waals surface area contributed by atoms with Crippen molar-refractivity contribution in [1.82, 2.24) is 0 Å². The van der Waals surface area contributed by atoms with Crippen LogP contribution in [0.5, 0.6) is 0 Å². The summed E-state index contributed by atoms with van der Waals surface area (Å²) in [6.45, 7) is 3.58. The van der Waals surface area contributed by atoms with Crippen molar-refractivity contribution in [2.45, 2.75) is 6.42 Å². The molecule has 1 saturated heterocycles. The molecule has 1 amide bonds. The summed E-state index contributed by atoms with van der Waals surface area (Å²) in [5.41, 5.74) is -1.24. The van der Waals surface area contributed by atoms with Crippen LogP contribution in [0.15, 0.2) is 24.8 Å². The second-order valence-electron chi connectivity index (χ2n) is 4.19. The molecule has 7 heteroatoms. The van der Waals surface area contributed by atoms with E-state index in [0.29, 0.717) is 6.07 Å². The molecule has 0 saturated carbocycles. The van der Waals surface area contributed by atoms with Crippen LogP contribution >= 0.6 is 0 Å². The predicted octanol–water partition coefficient (Wildman–Crippen LogP) is 2.41. The van der Waals surface area contributed by atoms with E-state index in [-0.39, 0.29) is 18.9 Å². The van der Waals surface area contributed by atoms with Gasteiger partial charge in [-0.25, -0.2) is 8.78 Å². The SMILES string of the molecule is C=CC1CC(=O)N(c2c([N+](=O)[O-])ccc(F)c2F)C1. The third-order valence-electron chi connectivity index (χ3n) is 3.00. The molecule has 0 radical (unpaired) electrons. The quantitative estimate of drug-likeness (QED) is 0.480. The van der Waals surface area contributed by atoms with Gasteiger partial charge in [-0.3, -0.25) is 14.9 Å². The summed E-state index contributed by atoms with van der Waals surface area (Å²) in [5, 5.41) is 10.9. The van der Waals surface area contributed by atoms with Gasteiger partial charge in [-0.15, -0.1) is 6.58 Å². The number of nitro benzene ring substituents is 1. The summed E-state index contributed by atoms with van der Waals surface area (Å²) in [4.78, 5) is 22.7. The van der Waals surface area contributed by atoms with Gasteiger partial charge in [0, 0.05) is 24.9 Å². The van der Waals surface area contributed by atoms with E-state index in [2.05, 4.69) is 6.58 Å². The number of nitro groups is 1. The lowest BCUT2D eigenvalue weighted by atomic mass is 10.1. The number of carbonyl (C=O) groups is 1. The van der Waals surface area contributed by atoms with Crippen LogP contribution in [0.1, 0.15) is 6.42 Å². The minimum atomic E-state index is -1.38. The number of amides is 1. The van der Waals surface area contributed by atoms with Crippen LogP contribution in [-0.4, -0.2) is 17.4 Å². The molecule has 5 nitrogen and oxygen atoms in total. The average Bonchev–Trinajstić information content (AvgIpc) is 2.73. The summed E-state index contributed by atoms with van der Waals surface area (Å²) in [6.07, 6.45) is 1.59. The first-order valence-electron chi connectivity index (χ1n) is 5.51. The molecule has 1 atom stereocenters. The van der Waals surface area contributed by atoms with E-state index in [0.717, 1.165) is 11.0 Å². The zero-order chi connectivity index (χ0) is 14.2. The van der Waals surface area contributed by atoms with E-state index in [9.17, 15) is 23.7 Å². The number of nitrogens with zero attached hydrogens (tertiary/aromatic N) is 2. The fraction of sp³-hybridized carbons (Fsp3) is 0.250. The van der Waals surface area contributed by atoms with Crippen molar-refractivity contribution in [3.8, 4) is 0 Å². The van der Waals surface area contributed by atoms with E-state index in [1.54, 1.807) is 0 Å². The first-order chi connectivity index (χ1) is 8.95. The molecule has 2 rings (SSSR count). The van der Waals surface area contributed by atoms with Crippen molar-refractivity contribution in [2.75, 3.05) is 11.4 Å². The van der Waals surface area contributed by atoms with E-state index in [1.165, 1.54) is 6.08 Å². The molecule has 0 N–H and O–H groups in total. The number of hydrogen-bond donors (Lipinski definition) is 0. The molecule has 0 bridgehead atoms. The Bertz CT molecular complexity index is 574. The smallest absolute Gasteiger partial charge is 0.296 e. The number of hydrogen-bond acceptors (Lipinski definition) is 3. The standard InChI is InChI=1S/C12H10F2N2O3/c1-2-7-5-10(17)15(6-7)12-9(16(18)19)4-3-8(13)11(12)14/h2-4,7H,1,5-6H2. The lowest BCUT2D eigenvalue weighted by Crippen LogP contribution is -2.26. The number of carbonyl (C=O) groups excluding carboxylic acids is 1. The van der Waals surface area contributed by atoms with Gasteiger partial charge in [0.25, 0.3) is 5.69 Å². The summed E-state index contributed by atoms with van der Waals surface area (Å²) in [5.74, 6) is -3.32. The third-order valence-corrected chi connectivity index (χ3v) is 3.00. The van der Waals surface area contributed by atoms with Crippen LogP contribution in [0.2, 0.25) is 0 Å². The molecule has 0 aliphatic carbocycles. The Kier molecular flexibility index (Phi) is 3.28. The van der Waals surface area contributed by atoms with E-state index in [4.69, 9.17) is 0 Å². The first-order valence-corrected chi connectivity index (χ1v) is 5.51. The fourth-order valence-corrected chi connectivity index (χ4v) is 2.04. The molecule has 1 aromatic rings. The molecule has 0 aromatic heterocycles. The lowest BCUT2D eigenvalue weighted by Gasteiger charge is -2.17. The zero-order valence-corrected chi connectivity index (χ0v) is 9.81. The molecule has 100 valence electrons. The van der Waals surface area contributed by atoms with Crippen LogP contribution < -0.4 is 4.90 Å². The summed E-state index contributed by atoms with van der Waals surface area (Å²) in [6, 6.07) is 1.52. The highest BCUT2D eigenvalue weighted by Crippen LogP contribution is 2.36. The Morgan fingerprint density at radius 3 is 2.68 bits per heavy atom. The van der Waals surface area contributed by atoms with Crippen LogP contribution in [0.4, 0.5) is 20.2 Å². The summed E-state index contributed by atoms with van der Waals surface area (Å²) in [7, 11) is 0. The highest BCUT2D eigenvalue weighted by molar-refractivity contribution is 5.98. The second kappa shape index (κ2) is 4.75. The minimum Gasteiger partial charge on any atom is -0.303 e. The van der Waals surface area contributed by atoms with Gasteiger partial charge in [0.15, 0.2) is 17.3 Å². The molecular weight excluding hydrogens is 258 g/mol. The van der Waals surface area contributed by atoms with Crippen LogP contribution in [0.3, 0.4) is 0 Å². The van der Waals surface area contributed by atoms with Gasteiger partial charge >= 0.3 is 0 Å². The van der Waals surface area contributed by atoms with Crippen molar-refractivity contribution in [2.24, 2.45) is 5.92 Å². The maximum atomic E-state index is 13.8. The molecule has 1 aromatic carbocycles. The molecule has 1 fully saturated rings. The Labute approximate surface area is 107 Å². The van der Waals surface area contributed by atoms with Gasteiger partial charge in [0.1, 0.15) is 0 Å². The Hall–Kier alpha value is -2.31. The van der Waals surface area contributed by atoms with Gasteiger partial charge in [-0.2, -0.15) is 0 Å². The normalized spacial score (nSPS) is 18.7. The topological polar surface area (TPSA) is 63.5 Å². The molecule has 1 aliphatic heterocycles. The van der Waals surface area contributed by atoms with Crippen LogP contribution in [0.25, 0.3) is 0 Å². The fourth-order valence-electron chi connectivity index (χ4n) is 2.04. The number of anilines is 1. The largest absolute Gasteiger partial charge is 0.303 e. The van der Waals surface area contributed by atoms with Crippen LogP contribution in [0, 0.1) is 27.7 Å². The summed E-state index contributed by atoms with van der Waals surface area (Å²) >= 11 is 0.